The first-order valence-corrected chi connectivity index (χ1v) is 10.4. The van der Waals surface area contributed by atoms with Crippen molar-refractivity contribution in [2.24, 2.45) is 0 Å². The number of methoxy groups -OCH3 is 2. The van der Waals surface area contributed by atoms with Crippen LogP contribution in [0.15, 0.2) is 35.7 Å². The lowest BCUT2D eigenvalue weighted by Gasteiger charge is -2.40. The third-order valence-electron chi connectivity index (χ3n) is 5.24. The van der Waals surface area contributed by atoms with Crippen molar-refractivity contribution >= 4 is 17.2 Å². The number of rotatable bonds is 7. The molecule has 0 aliphatic carbocycles. The Bertz CT molecular complexity index is 773. The number of nitrogens with zero attached hydrogens (tertiary/aromatic N) is 2. The van der Waals surface area contributed by atoms with Crippen molar-refractivity contribution in [2.45, 2.75) is 19.0 Å². The van der Waals surface area contributed by atoms with E-state index in [0.717, 1.165) is 26.2 Å². The fourth-order valence-electron chi connectivity index (χ4n) is 3.65. The van der Waals surface area contributed by atoms with Crippen LogP contribution in [0.25, 0.3) is 0 Å². The summed E-state index contributed by atoms with van der Waals surface area (Å²) < 4.78 is 10.6. The minimum Gasteiger partial charge on any atom is -0.493 e. The first kappa shape index (κ1) is 20.6. The molecule has 0 spiro atoms. The van der Waals surface area contributed by atoms with Crippen LogP contribution in [0, 0.1) is 0 Å². The molecular weight excluding hydrogens is 374 g/mol. The molecule has 152 valence electrons. The first-order valence-electron chi connectivity index (χ1n) is 9.52. The van der Waals surface area contributed by atoms with Crippen LogP contribution < -0.4 is 14.8 Å². The van der Waals surface area contributed by atoms with E-state index in [9.17, 15) is 4.79 Å². The summed E-state index contributed by atoms with van der Waals surface area (Å²) in [6, 6.07) is 9.62. The number of nitrogens with one attached hydrogen (secondary N) is 1. The SMILES string of the molecule is COc1ccc(C(=O)N[C@@H](C)[C@@H](c2cccs2)N2CCN(C)CC2)cc1OC. The zero-order valence-corrected chi connectivity index (χ0v) is 17.8. The van der Waals surface area contributed by atoms with Gasteiger partial charge in [-0.3, -0.25) is 9.69 Å². The lowest BCUT2D eigenvalue weighted by atomic mass is 10.0. The van der Waals surface area contributed by atoms with Crippen LogP contribution in [0.1, 0.15) is 28.2 Å². The Morgan fingerprint density at radius 2 is 1.82 bits per heavy atom. The Morgan fingerprint density at radius 1 is 1.11 bits per heavy atom. The van der Waals surface area contributed by atoms with Gasteiger partial charge in [0.05, 0.1) is 20.3 Å². The normalized spacial score (nSPS) is 17.7. The summed E-state index contributed by atoms with van der Waals surface area (Å²) in [5.41, 5.74) is 0.563. The maximum atomic E-state index is 12.9. The van der Waals surface area contributed by atoms with E-state index in [4.69, 9.17) is 9.47 Å². The molecule has 7 heteroatoms. The molecule has 1 aliphatic rings. The highest BCUT2D eigenvalue weighted by Gasteiger charge is 2.30. The van der Waals surface area contributed by atoms with E-state index in [1.165, 1.54) is 4.88 Å². The van der Waals surface area contributed by atoms with E-state index in [1.807, 2.05) is 0 Å². The van der Waals surface area contributed by atoms with Crippen molar-refractivity contribution in [2.75, 3.05) is 47.4 Å². The molecule has 6 nitrogen and oxygen atoms in total. The minimum atomic E-state index is -0.107. The van der Waals surface area contributed by atoms with Crippen molar-refractivity contribution in [1.29, 1.82) is 0 Å². The highest BCUT2D eigenvalue weighted by atomic mass is 32.1. The maximum Gasteiger partial charge on any atom is 0.251 e. The van der Waals surface area contributed by atoms with E-state index in [2.05, 4.69) is 46.6 Å². The topological polar surface area (TPSA) is 54.0 Å². The summed E-state index contributed by atoms with van der Waals surface area (Å²) in [6.45, 7) is 6.16. The van der Waals surface area contributed by atoms with Gasteiger partial charge >= 0.3 is 0 Å². The molecule has 3 rings (SSSR count). The number of amides is 1. The molecule has 1 saturated heterocycles. The smallest absolute Gasteiger partial charge is 0.251 e. The standard InChI is InChI=1S/C21H29N3O3S/c1-15(22-21(25)16-7-8-17(26-3)18(14-16)27-4)20(19-6-5-13-28-19)24-11-9-23(2)10-12-24/h5-8,13-15,20H,9-12H2,1-4H3,(H,22,25)/t15-,20-/m0/s1. The average Bonchev–Trinajstić information content (AvgIpc) is 3.23. The summed E-state index contributed by atoms with van der Waals surface area (Å²) in [5, 5.41) is 5.30. The van der Waals surface area contributed by atoms with E-state index in [1.54, 1.807) is 43.8 Å². The number of hydrogen-bond donors (Lipinski definition) is 1. The van der Waals surface area contributed by atoms with Crippen molar-refractivity contribution in [1.82, 2.24) is 15.1 Å². The zero-order chi connectivity index (χ0) is 20.1. The van der Waals surface area contributed by atoms with Crippen LogP contribution in [0.5, 0.6) is 11.5 Å². The Kier molecular flexibility index (Phi) is 6.93. The first-order chi connectivity index (χ1) is 13.5. The fourth-order valence-corrected chi connectivity index (χ4v) is 4.61. The number of likely N-dealkylation sites (N-methyl/N-ethyl adjacent to an activating group) is 1. The van der Waals surface area contributed by atoms with Gasteiger partial charge in [0, 0.05) is 42.7 Å². The second-order valence-corrected chi connectivity index (χ2v) is 8.11. The molecule has 2 aromatic rings. The lowest BCUT2D eigenvalue weighted by Crippen LogP contribution is -2.51. The number of hydrogen-bond acceptors (Lipinski definition) is 6. The van der Waals surface area contributed by atoms with Gasteiger partial charge in [-0.05, 0) is 43.6 Å². The van der Waals surface area contributed by atoms with Gasteiger partial charge in [0.25, 0.3) is 5.91 Å². The molecule has 0 bridgehead atoms. The molecule has 2 atom stereocenters. The van der Waals surface area contributed by atoms with Crippen LogP contribution in [0.3, 0.4) is 0 Å². The molecule has 0 radical (unpaired) electrons. The van der Waals surface area contributed by atoms with Gasteiger partial charge in [-0.1, -0.05) is 6.07 Å². The molecule has 1 amide bonds. The van der Waals surface area contributed by atoms with Gasteiger partial charge in [-0.25, -0.2) is 0 Å². The second-order valence-electron chi connectivity index (χ2n) is 7.13. The van der Waals surface area contributed by atoms with Crippen LogP contribution in [-0.4, -0.2) is 69.2 Å². The quantitative estimate of drug-likeness (QED) is 0.770. The van der Waals surface area contributed by atoms with Gasteiger partial charge in [0.1, 0.15) is 0 Å². The number of carbonyl (C=O) groups is 1. The summed E-state index contributed by atoms with van der Waals surface area (Å²) >= 11 is 1.74. The van der Waals surface area contributed by atoms with Gasteiger partial charge in [-0.15, -0.1) is 11.3 Å². The Labute approximate surface area is 171 Å². The molecule has 1 aromatic heterocycles. The average molecular weight is 404 g/mol. The van der Waals surface area contributed by atoms with E-state index >= 15 is 0 Å². The van der Waals surface area contributed by atoms with Gasteiger partial charge in [0.2, 0.25) is 0 Å². The molecule has 1 aromatic carbocycles. The van der Waals surface area contributed by atoms with Crippen LogP contribution in [0.2, 0.25) is 0 Å². The molecular formula is C21H29N3O3S. The minimum absolute atomic E-state index is 0.0253. The third kappa shape index (κ3) is 4.66. The van der Waals surface area contributed by atoms with E-state index < -0.39 is 0 Å². The Hall–Kier alpha value is -2.09. The molecule has 2 heterocycles. The summed E-state index contributed by atoms with van der Waals surface area (Å²) in [5.74, 6) is 1.06. The monoisotopic (exact) mass is 403 g/mol. The highest BCUT2D eigenvalue weighted by Crippen LogP contribution is 2.30. The summed E-state index contributed by atoms with van der Waals surface area (Å²) in [6.07, 6.45) is 0. The van der Waals surface area contributed by atoms with Gasteiger partial charge in [0.15, 0.2) is 11.5 Å². The summed E-state index contributed by atoms with van der Waals surface area (Å²) in [7, 11) is 5.31. The highest BCUT2D eigenvalue weighted by molar-refractivity contribution is 7.10. The molecule has 1 N–H and O–H groups in total. The third-order valence-corrected chi connectivity index (χ3v) is 6.19. The van der Waals surface area contributed by atoms with Crippen molar-refractivity contribution < 1.29 is 14.3 Å². The van der Waals surface area contributed by atoms with Crippen molar-refractivity contribution in [3.8, 4) is 11.5 Å². The van der Waals surface area contributed by atoms with Gasteiger partial charge in [-0.2, -0.15) is 0 Å². The Morgan fingerprint density at radius 3 is 2.43 bits per heavy atom. The van der Waals surface area contributed by atoms with Crippen molar-refractivity contribution in [3.05, 3.63) is 46.2 Å². The van der Waals surface area contributed by atoms with Crippen LogP contribution in [-0.2, 0) is 0 Å². The zero-order valence-electron chi connectivity index (χ0n) is 17.0. The maximum absolute atomic E-state index is 12.9. The molecule has 0 unspecified atom stereocenters. The molecule has 1 fully saturated rings. The number of carbonyl (C=O) groups excluding carboxylic acids is 1. The lowest BCUT2D eigenvalue weighted by molar-refractivity contribution is 0.0799. The number of benzene rings is 1. The summed E-state index contributed by atoms with van der Waals surface area (Å²) in [4.78, 5) is 19.0. The fraction of sp³-hybridized carbons (Fsp3) is 0.476. The van der Waals surface area contributed by atoms with Crippen LogP contribution in [0.4, 0.5) is 0 Å². The van der Waals surface area contributed by atoms with Gasteiger partial charge < -0.3 is 19.7 Å². The molecule has 0 saturated carbocycles. The van der Waals surface area contributed by atoms with Crippen molar-refractivity contribution in [3.63, 3.8) is 0 Å². The van der Waals surface area contributed by atoms with E-state index in [-0.39, 0.29) is 18.0 Å². The largest absolute Gasteiger partial charge is 0.493 e. The van der Waals surface area contributed by atoms with Crippen LogP contribution >= 0.6 is 11.3 Å². The number of piperazine rings is 1. The predicted octanol–water partition coefficient (Wildman–Crippen LogP) is 2.87. The Balaban J connectivity index is 1.76. The number of ether oxygens (including phenoxy) is 2. The number of thiophene rings is 1. The van der Waals surface area contributed by atoms with E-state index in [0.29, 0.717) is 17.1 Å². The second kappa shape index (κ2) is 9.41. The predicted molar refractivity (Wildman–Crippen MR) is 113 cm³/mol. The molecule has 1 aliphatic heterocycles. The molecule has 28 heavy (non-hydrogen) atoms.